The number of nitrogens with two attached hydrogens (primary N) is 1. The lowest BCUT2D eigenvalue weighted by atomic mass is 10.3. The van der Waals surface area contributed by atoms with Crippen molar-refractivity contribution >= 4 is 11.6 Å². The van der Waals surface area contributed by atoms with Gasteiger partial charge in [-0.15, -0.1) is 0 Å². The van der Waals surface area contributed by atoms with E-state index in [1.54, 1.807) is 18.3 Å². The van der Waals surface area contributed by atoms with Crippen molar-refractivity contribution in [1.29, 1.82) is 0 Å². The van der Waals surface area contributed by atoms with Crippen LogP contribution in [-0.4, -0.2) is 55.2 Å². The van der Waals surface area contributed by atoms with Gasteiger partial charge < -0.3 is 15.5 Å². The molecule has 7 heteroatoms. The zero-order valence-electron chi connectivity index (χ0n) is 11.5. The Hall–Kier alpha value is -1.70. The zero-order valence-corrected chi connectivity index (χ0v) is 11.5. The number of carbonyl (C=O) groups is 1. The molecule has 0 bridgehead atoms. The van der Waals surface area contributed by atoms with Crippen LogP contribution in [0.2, 0.25) is 0 Å². The third-order valence-corrected chi connectivity index (χ3v) is 3.20. The van der Waals surface area contributed by atoms with Crippen LogP contribution in [0.1, 0.15) is 16.9 Å². The molecule has 1 aromatic rings. The topological polar surface area (TPSA) is 92.5 Å². The van der Waals surface area contributed by atoms with E-state index >= 15 is 0 Å². The molecule has 0 aliphatic carbocycles. The van der Waals surface area contributed by atoms with Gasteiger partial charge in [-0.1, -0.05) is 0 Å². The Kier molecular flexibility index (Phi) is 5.72. The van der Waals surface area contributed by atoms with Crippen molar-refractivity contribution in [3.63, 3.8) is 0 Å². The molecule has 1 amide bonds. The van der Waals surface area contributed by atoms with E-state index in [1.165, 1.54) is 0 Å². The maximum Gasteiger partial charge on any atom is 0.269 e. The number of ether oxygens (including phenoxy) is 1. The van der Waals surface area contributed by atoms with E-state index in [0.29, 0.717) is 17.9 Å². The van der Waals surface area contributed by atoms with Crippen LogP contribution in [0.5, 0.6) is 0 Å². The fourth-order valence-electron chi connectivity index (χ4n) is 2.06. The molecular formula is C13H21N5O2. The number of nitrogens with one attached hydrogen (secondary N) is 2. The molecule has 1 saturated heterocycles. The predicted octanol–water partition coefficient (Wildman–Crippen LogP) is -0.181. The number of anilines is 1. The van der Waals surface area contributed by atoms with E-state index in [9.17, 15) is 4.79 Å². The first-order chi connectivity index (χ1) is 9.79. The third-order valence-electron chi connectivity index (χ3n) is 3.20. The van der Waals surface area contributed by atoms with Crippen molar-refractivity contribution in [2.75, 3.05) is 44.8 Å². The number of carbonyl (C=O) groups excluding carboxylic acids is 1. The molecule has 0 unspecified atom stereocenters. The highest BCUT2D eigenvalue weighted by Gasteiger charge is 2.10. The molecule has 1 fully saturated rings. The molecule has 2 rings (SSSR count). The average molecular weight is 279 g/mol. The summed E-state index contributed by atoms with van der Waals surface area (Å²) < 4.78 is 5.29. The Morgan fingerprint density at radius 2 is 2.25 bits per heavy atom. The monoisotopic (exact) mass is 279 g/mol. The molecule has 110 valence electrons. The number of nitrogens with zero attached hydrogens (tertiary/aromatic N) is 2. The molecule has 2 heterocycles. The van der Waals surface area contributed by atoms with Crippen LogP contribution in [0.15, 0.2) is 18.3 Å². The van der Waals surface area contributed by atoms with Gasteiger partial charge in [0, 0.05) is 25.8 Å². The number of hydrogen-bond donors (Lipinski definition) is 3. The van der Waals surface area contributed by atoms with Crippen molar-refractivity contribution in [3.05, 3.63) is 24.0 Å². The first kappa shape index (κ1) is 14.7. The lowest BCUT2D eigenvalue weighted by Crippen LogP contribution is -2.38. The largest absolute Gasteiger partial charge is 0.379 e. The lowest BCUT2D eigenvalue weighted by molar-refractivity contribution is 0.0374. The van der Waals surface area contributed by atoms with E-state index < -0.39 is 0 Å². The van der Waals surface area contributed by atoms with E-state index in [-0.39, 0.29) is 5.91 Å². The minimum absolute atomic E-state index is 0.177. The summed E-state index contributed by atoms with van der Waals surface area (Å²) in [4.78, 5) is 18.2. The molecule has 0 atom stereocenters. The Morgan fingerprint density at radius 3 is 3.00 bits per heavy atom. The highest BCUT2D eigenvalue weighted by atomic mass is 16.5. The van der Waals surface area contributed by atoms with Crippen LogP contribution in [0.25, 0.3) is 0 Å². The summed E-state index contributed by atoms with van der Waals surface area (Å²) in [6, 6.07) is 3.33. The van der Waals surface area contributed by atoms with Crippen LogP contribution < -0.4 is 16.6 Å². The summed E-state index contributed by atoms with van der Waals surface area (Å²) in [6.07, 6.45) is 2.47. The minimum atomic E-state index is -0.177. The van der Waals surface area contributed by atoms with Crippen LogP contribution in [-0.2, 0) is 4.74 Å². The highest BCUT2D eigenvalue weighted by molar-refractivity contribution is 5.93. The van der Waals surface area contributed by atoms with E-state index in [4.69, 9.17) is 10.6 Å². The van der Waals surface area contributed by atoms with Gasteiger partial charge in [0.2, 0.25) is 0 Å². The van der Waals surface area contributed by atoms with E-state index in [1.807, 2.05) is 0 Å². The third kappa shape index (κ3) is 4.44. The second kappa shape index (κ2) is 7.78. The molecule has 0 saturated carbocycles. The summed E-state index contributed by atoms with van der Waals surface area (Å²) in [5.41, 5.74) is 3.53. The average Bonchev–Trinajstić information content (AvgIpc) is 2.52. The minimum Gasteiger partial charge on any atom is -0.379 e. The summed E-state index contributed by atoms with van der Waals surface area (Å²) in [5, 5.41) is 2.86. The summed E-state index contributed by atoms with van der Waals surface area (Å²) >= 11 is 0. The number of nitrogen functional groups attached to an aromatic ring is 1. The standard InChI is InChI=1S/C13H21N5O2/c14-17-11-2-4-15-12(10-11)13(19)16-3-1-5-18-6-8-20-9-7-18/h2,4,10H,1,3,5-9,14H2,(H,15,17)(H,16,19). The Bertz CT molecular complexity index is 435. The van der Waals surface area contributed by atoms with Crippen molar-refractivity contribution in [2.45, 2.75) is 6.42 Å². The highest BCUT2D eigenvalue weighted by Crippen LogP contribution is 2.05. The number of hydrogen-bond acceptors (Lipinski definition) is 6. The van der Waals surface area contributed by atoms with Crippen molar-refractivity contribution in [1.82, 2.24) is 15.2 Å². The molecule has 20 heavy (non-hydrogen) atoms. The summed E-state index contributed by atoms with van der Waals surface area (Å²) in [5.74, 6) is 5.12. The smallest absolute Gasteiger partial charge is 0.269 e. The molecular weight excluding hydrogens is 258 g/mol. The fourth-order valence-corrected chi connectivity index (χ4v) is 2.06. The fraction of sp³-hybridized carbons (Fsp3) is 0.538. The number of hydrazine groups is 1. The molecule has 0 aromatic carbocycles. The zero-order chi connectivity index (χ0) is 14.2. The summed E-state index contributed by atoms with van der Waals surface area (Å²) in [7, 11) is 0. The second-order valence-corrected chi connectivity index (χ2v) is 4.64. The number of amides is 1. The van der Waals surface area contributed by atoms with Crippen LogP contribution in [0.3, 0.4) is 0 Å². The molecule has 0 radical (unpaired) electrons. The van der Waals surface area contributed by atoms with Gasteiger partial charge in [0.1, 0.15) is 5.69 Å². The normalized spacial score (nSPS) is 15.8. The predicted molar refractivity (Wildman–Crippen MR) is 76.3 cm³/mol. The van der Waals surface area contributed by atoms with E-state index in [2.05, 4.69) is 20.6 Å². The molecule has 7 nitrogen and oxygen atoms in total. The molecule has 0 spiro atoms. The quantitative estimate of drug-likeness (QED) is 0.380. The molecule has 1 aromatic heterocycles. The number of pyridine rings is 1. The lowest BCUT2D eigenvalue weighted by Gasteiger charge is -2.26. The number of aromatic nitrogens is 1. The van der Waals surface area contributed by atoms with Crippen molar-refractivity contribution in [2.24, 2.45) is 5.84 Å². The Balaban J connectivity index is 1.69. The van der Waals surface area contributed by atoms with Crippen molar-refractivity contribution in [3.8, 4) is 0 Å². The van der Waals surface area contributed by atoms with E-state index in [0.717, 1.165) is 39.3 Å². The second-order valence-electron chi connectivity index (χ2n) is 4.64. The Labute approximate surface area is 118 Å². The molecule has 1 aliphatic rings. The SMILES string of the molecule is NNc1ccnc(C(=O)NCCCN2CCOCC2)c1. The van der Waals surface area contributed by atoms with Gasteiger partial charge >= 0.3 is 0 Å². The van der Waals surface area contributed by atoms with Crippen LogP contribution >= 0.6 is 0 Å². The van der Waals surface area contributed by atoms with Gasteiger partial charge in [0.25, 0.3) is 5.91 Å². The van der Waals surface area contributed by atoms with Gasteiger partial charge in [0.15, 0.2) is 0 Å². The maximum absolute atomic E-state index is 11.9. The number of morpholine rings is 1. The van der Waals surface area contributed by atoms with Crippen molar-refractivity contribution < 1.29 is 9.53 Å². The molecule has 1 aliphatic heterocycles. The van der Waals surface area contributed by atoms with Gasteiger partial charge in [-0.05, 0) is 25.1 Å². The first-order valence-corrected chi connectivity index (χ1v) is 6.80. The van der Waals surface area contributed by atoms with Gasteiger partial charge in [-0.2, -0.15) is 0 Å². The Morgan fingerprint density at radius 1 is 1.45 bits per heavy atom. The number of rotatable bonds is 6. The summed E-state index contributed by atoms with van der Waals surface area (Å²) in [6.45, 7) is 5.16. The van der Waals surface area contributed by atoms with Gasteiger partial charge in [-0.25, -0.2) is 0 Å². The first-order valence-electron chi connectivity index (χ1n) is 6.80. The van der Waals surface area contributed by atoms with Gasteiger partial charge in [0.05, 0.1) is 18.9 Å². The van der Waals surface area contributed by atoms with Crippen LogP contribution in [0, 0.1) is 0 Å². The van der Waals surface area contributed by atoms with Crippen LogP contribution in [0.4, 0.5) is 5.69 Å². The maximum atomic E-state index is 11.9. The molecule has 4 N–H and O–H groups in total. The van der Waals surface area contributed by atoms with Gasteiger partial charge in [-0.3, -0.25) is 20.5 Å².